The van der Waals surface area contributed by atoms with Crippen LogP contribution in [0.3, 0.4) is 0 Å². The van der Waals surface area contributed by atoms with Gasteiger partial charge < -0.3 is 41.9 Å². The molecule has 3 amide bonds. The lowest BCUT2D eigenvalue weighted by atomic mass is 10.00. The van der Waals surface area contributed by atoms with Crippen molar-refractivity contribution in [2.45, 2.75) is 49.9 Å². The Morgan fingerprint density at radius 3 is 1.62 bits per heavy atom. The quantitative estimate of drug-likeness (QED) is 0.0801. The first-order valence-electron chi connectivity index (χ1n) is 17.0. The molecule has 6 aromatic rings. The summed E-state index contributed by atoms with van der Waals surface area (Å²) in [5.41, 5.74) is 11.0. The number of phenols is 1. The number of aliphatic carboxylic acids is 1. The molecule has 12 nitrogen and oxygen atoms in total. The molecule has 9 N–H and O–H groups in total. The molecule has 2 aromatic heterocycles. The number of para-hydroxylation sites is 2. The van der Waals surface area contributed by atoms with Crippen molar-refractivity contribution in [2.75, 3.05) is 0 Å². The third kappa shape index (κ3) is 8.66. The Balaban J connectivity index is 1.25. The highest BCUT2D eigenvalue weighted by Crippen LogP contribution is 2.21. The lowest BCUT2D eigenvalue weighted by Gasteiger charge is -2.25. The number of aromatic amines is 2. The van der Waals surface area contributed by atoms with Gasteiger partial charge in [0.2, 0.25) is 17.7 Å². The number of H-pyrrole nitrogens is 2. The van der Waals surface area contributed by atoms with Crippen LogP contribution in [-0.4, -0.2) is 68.0 Å². The Morgan fingerprint density at radius 2 is 1.02 bits per heavy atom. The van der Waals surface area contributed by atoms with Crippen LogP contribution in [0, 0.1) is 0 Å². The predicted molar refractivity (Wildman–Crippen MR) is 197 cm³/mol. The number of carbonyl (C=O) groups excluding carboxylic acids is 3. The molecule has 12 heteroatoms. The van der Waals surface area contributed by atoms with Crippen LogP contribution >= 0.6 is 0 Å². The van der Waals surface area contributed by atoms with Gasteiger partial charge in [-0.15, -0.1) is 0 Å². The Bertz CT molecular complexity index is 2180. The highest BCUT2D eigenvalue weighted by molar-refractivity contribution is 5.95. The summed E-state index contributed by atoms with van der Waals surface area (Å²) in [5, 5.41) is 29.9. The number of benzene rings is 4. The van der Waals surface area contributed by atoms with Crippen molar-refractivity contribution in [3.8, 4) is 5.75 Å². The van der Waals surface area contributed by atoms with E-state index in [2.05, 4.69) is 25.9 Å². The maximum atomic E-state index is 14.2. The van der Waals surface area contributed by atoms with E-state index in [1.165, 1.54) is 12.1 Å². The molecule has 0 saturated carbocycles. The monoisotopic (exact) mass is 700 g/mol. The van der Waals surface area contributed by atoms with Crippen molar-refractivity contribution >= 4 is 45.5 Å². The highest BCUT2D eigenvalue weighted by Gasteiger charge is 2.31. The number of carboxylic acids is 1. The topological polar surface area (TPSA) is 202 Å². The fourth-order valence-corrected chi connectivity index (χ4v) is 6.31. The van der Waals surface area contributed by atoms with Gasteiger partial charge in [-0.3, -0.25) is 14.4 Å². The van der Waals surface area contributed by atoms with Crippen LogP contribution < -0.4 is 21.7 Å². The molecular formula is C40H40N6O6. The van der Waals surface area contributed by atoms with Gasteiger partial charge in [0.1, 0.15) is 23.9 Å². The maximum absolute atomic E-state index is 14.2. The lowest BCUT2D eigenvalue weighted by molar-refractivity contribution is -0.142. The lowest BCUT2D eigenvalue weighted by Crippen LogP contribution is -2.58. The van der Waals surface area contributed by atoms with Gasteiger partial charge >= 0.3 is 5.97 Å². The number of aromatic nitrogens is 2. The van der Waals surface area contributed by atoms with E-state index in [4.69, 9.17) is 5.73 Å². The Hall–Kier alpha value is -6.40. The van der Waals surface area contributed by atoms with Crippen molar-refractivity contribution in [2.24, 2.45) is 5.73 Å². The Morgan fingerprint density at radius 1 is 0.558 bits per heavy atom. The summed E-state index contributed by atoms with van der Waals surface area (Å²) in [4.78, 5) is 60.3. The van der Waals surface area contributed by atoms with Gasteiger partial charge in [0, 0.05) is 53.5 Å². The number of hydrogen-bond donors (Lipinski definition) is 8. The normalized spacial score (nSPS) is 13.6. The van der Waals surface area contributed by atoms with Gasteiger partial charge in [0.05, 0.1) is 6.04 Å². The number of phenolic OH excluding ortho intramolecular Hbond substituents is 1. The first-order chi connectivity index (χ1) is 25.1. The molecule has 4 aromatic carbocycles. The number of rotatable bonds is 15. The molecule has 0 aliphatic carbocycles. The summed E-state index contributed by atoms with van der Waals surface area (Å²) < 4.78 is 0. The van der Waals surface area contributed by atoms with Gasteiger partial charge in [-0.05, 0) is 52.9 Å². The molecule has 52 heavy (non-hydrogen) atoms. The van der Waals surface area contributed by atoms with E-state index in [0.29, 0.717) is 11.1 Å². The number of fused-ring (bicyclic) bond motifs is 2. The molecule has 0 radical (unpaired) electrons. The zero-order valence-corrected chi connectivity index (χ0v) is 28.2. The first-order valence-corrected chi connectivity index (χ1v) is 17.0. The zero-order chi connectivity index (χ0) is 36.6. The predicted octanol–water partition coefficient (Wildman–Crippen LogP) is 3.49. The second kappa shape index (κ2) is 16.1. The van der Waals surface area contributed by atoms with Crippen LogP contribution in [0.4, 0.5) is 0 Å². The van der Waals surface area contributed by atoms with Crippen molar-refractivity contribution in [3.63, 3.8) is 0 Å². The second-order valence-electron chi connectivity index (χ2n) is 12.8. The first kappa shape index (κ1) is 35.4. The second-order valence-corrected chi connectivity index (χ2v) is 12.8. The molecule has 2 heterocycles. The van der Waals surface area contributed by atoms with Crippen molar-refractivity contribution in [1.29, 1.82) is 0 Å². The summed E-state index contributed by atoms with van der Waals surface area (Å²) in [7, 11) is 0. The minimum Gasteiger partial charge on any atom is -0.508 e. The van der Waals surface area contributed by atoms with Crippen molar-refractivity contribution < 1.29 is 29.4 Å². The van der Waals surface area contributed by atoms with E-state index in [9.17, 15) is 29.4 Å². The van der Waals surface area contributed by atoms with E-state index < -0.39 is 47.9 Å². The summed E-state index contributed by atoms with van der Waals surface area (Å²) in [5.74, 6) is -3.14. The summed E-state index contributed by atoms with van der Waals surface area (Å²) in [6.45, 7) is 0. The molecule has 0 fully saturated rings. The fourth-order valence-electron chi connectivity index (χ4n) is 6.31. The molecule has 0 bridgehead atoms. The van der Waals surface area contributed by atoms with Crippen LogP contribution in [0.5, 0.6) is 5.75 Å². The van der Waals surface area contributed by atoms with Crippen LogP contribution in [-0.2, 0) is 44.9 Å². The maximum Gasteiger partial charge on any atom is 0.326 e. The largest absolute Gasteiger partial charge is 0.508 e. The van der Waals surface area contributed by atoms with Crippen molar-refractivity contribution in [1.82, 2.24) is 25.9 Å². The molecule has 0 spiro atoms. The van der Waals surface area contributed by atoms with Gasteiger partial charge in [-0.25, -0.2) is 4.79 Å². The number of carbonyl (C=O) groups is 4. The number of amides is 3. The molecule has 0 aliphatic rings. The van der Waals surface area contributed by atoms with Crippen LogP contribution in [0.1, 0.15) is 22.3 Å². The van der Waals surface area contributed by atoms with Crippen molar-refractivity contribution in [3.05, 3.63) is 138 Å². The van der Waals surface area contributed by atoms with E-state index in [-0.39, 0.29) is 31.4 Å². The molecular weight excluding hydrogens is 660 g/mol. The molecule has 0 aliphatic heterocycles. The van der Waals surface area contributed by atoms with Gasteiger partial charge in [0.25, 0.3) is 0 Å². The van der Waals surface area contributed by atoms with Gasteiger partial charge in [-0.2, -0.15) is 0 Å². The van der Waals surface area contributed by atoms with E-state index >= 15 is 0 Å². The third-order valence-corrected chi connectivity index (χ3v) is 9.09. The summed E-state index contributed by atoms with van der Waals surface area (Å²) >= 11 is 0. The Labute approximate surface area is 299 Å². The summed E-state index contributed by atoms with van der Waals surface area (Å²) in [6.07, 6.45) is 3.82. The zero-order valence-electron chi connectivity index (χ0n) is 28.2. The fraction of sp³-hybridized carbons (Fsp3) is 0.200. The van der Waals surface area contributed by atoms with E-state index in [0.717, 1.165) is 32.9 Å². The van der Waals surface area contributed by atoms with Gasteiger partial charge in [0.15, 0.2) is 0 Å². The average molecular weight is 701 g/mol. The standard InChI is InChI=1S/C40H40N6O6/c41-31(20-26-22-42-32-12-6-4-10-29(26)32)37(48)44-34(18-25-14-16-28(47)17-15-25)38(49)45-35(21-27-23-43-33-13-7-5-11-30(27)33)39(50)46-36(40(51)52)19-24-8-2-1-3-9-24/h1-17,22-23,31,34-36,42-43,47H,18-21,41H2,(H,44,48)(H,45,49)(H,46,50)(H,51,52). The van der Waals surface area contributed by atoms with Crippen LogP contribution in [0.25, 0.3) is 21.8 Å². The number of nitrogens with two attached hydrogens (primary N) is 1. The third-order valence-electron chi connectivity index (χ3n) is 9.09. The van der Waals surface area contributed by atoms with Crippen LogP contribution in [0.15, 0.2) is 116 Å². The molecule has 6 rings (SSSR count). The molecule has 4 atom stereocenters. The minimum absolute atomic E-state index is 0.0187. The van der Waals surface area contributed by atoms with Crippen LogP contribution in [0.2, 0.25) is 0 Å². The van der Waals surface area contributed by atoms with E-state index in [1.807, 2.05) is 54.6 Å². The average Bonchev–Trinajstić information content (AvgIpc) is 3.75. The molecule has 0 saturated heterocycles. The summed E-state index contributed by atoms with van der Waals surface area (Å²) in [6, 6.07) is 25.6. The number of aromatic hydroxyl groups is 1. The SMILES string of the molecule is NC(Cc1c[nH]c2ccccc12)C(=O)NC(Cc1ccc(O)cc1)C(=O)NC(Cc1c[nH]c2ccccc12)C(=O)NC(Cc1ccccc1)C(=O)O. The number of hydrogen-bond acceptors (Lipinski definition) is 6. The smallest absolute Gasteiger partial charge is 0.326 e. The van der Waals surface area contributed by atoms with E-state index in [1.54, 1.807) is 48.8 Å². The number of nitrogens with one attached hydrogen (secondary N) is 5. The minimum atomic E-state index is -1.27. The molecule has 4 unspecified atom stereocenters. The number of carboxylic acid groups (broad SMARTS) is 1. The van der Waals surface area contributed by atoms with Gasteiger partial charge in [-0.1, -0.05) is 78.9 Å². The molecule has 266 valence electrons. The highest BCUT2D eigenvalue weighted by atomic mass is 16.4. The Kier molecular flexibility index (Phi) is 11.0.